The largest absolute Gasteiger partial charge is 0.308 e. The number of nitrogens with zero attached hydrogens (tertiary/aromatic N) is 1. The van der Waals surface area contributed by atoms with E-state index in [-0.39, 0.29) is 0 Å². The van der Waals surface area contributed by atoms with Crippen molar-refractivity contribution in [1.82, 2.24) is 10.2 Å². The van der Waals surface area contributed by atoms with E-state index in [2.05, 4.69) is 48.6 Å². The monoisotopic (exact) mass is 294 g/mol. The minimum Gasteiger partial charge on any atom is -0.308 e. The lowest BCUT2D eigenvalue weighted by Gasteiger charge is -2.14. The quantitative estimate of drug-likeness (QED) is 0.873. The normalized spacial score (nSPS) is 11.2. The molecule has 2 nitrogen and oxygen atoms in total. The Morgan fingerprint density at radius 2 is 1.89 bits per heavy atom. The fourth-order valence-corrected chi connectivity index (χ4v) is 3.03. The molecular formula is C15H19ClN2S. The third-order valence-electron chi connectivity index (χ3n) is 2.84. The molecule has 0 unspecified atom stereocenters. The van der Waals surface area contributed by atoms with Crippen molar-refractivity contribution in [3.63, 3.8) is 0 Å². The molecule has 2 rings (SSSR count). The van der Waals surface area contributed by atoms with Crippen LogP contribution in [0.2, 0.25) is 5.02 Å². The Labute approximate surface area is 124 Å². The Balaban J connectivity index is 1.92. The SMILES string of the molecule is CN(C)Cc1ccccc1CNCc1cc(Cl)cs1. The second-order valence-electron chi connectivity index (χ2n) is 4.84. The van der Waals surface area contributed by atoms with Crippen molar-refractivity contribution in [2.24, 2.45) is 0 Å². The number of benzene rings is 1. The molecule has 0 spiro atoms. The number of halogens is 1. The van der Waals surface area contributed by atoms with Gasteiger partial charge in [0.1, 0.15) is 0 Å². The molecule has 4 heteroatoms. The maximum atomic E-state index is 5.92. The van der Waals surface area contributed by atoms with Crippen LogP contribution in [0.25, 0.3) is 0 Å². The predicted molar refractivity (Wildman–Crippen MR) is 83.7 cm³/mol. The molecule has 0 radical (unpaired) electrons. The summed E-state index contributed by atoms with van der Waals surface area (Å²) in [4.78, 5) is 3.47. The Morgan fingerprint density at radius 1 is 1.16 bits per heavy atom. The van der Waals surface area contributed by atoms with Crippen molar-refractivity contribution in [1.29, 1.82) is 0 Å². The van der Waals surface area contributed by atoms with E-state index >= 15 is 0 Å². The summed E-state index contributed by atoms with van der Waals surface area (Å²) in [5.41, 5.74) is 2.74. The average Bonchev–Trinajstić information content (AvgIpc) is 2.77. The molecule has 19 heavy (non-hydrogen) atoms. The van der Waals surface area contributed by atoms with Crippen molar-refractivity contribution in [2.75, 3.05) is 14.1 Å². The van der Waals surface area contributed by atoms with Gasteiger partial charge in [0.15, 0.2) is 0 Å². The Morgan fingerprint density at radius 3 is 2.53 bits per heavy atom. The summed E-state index contributed by atoms with van der Waals surface area (Å²) in [5.74, 6) is 0. The number of rotatable bonds is 6. The first-order chi connectivity index (χ1) is 9.15. The summed E-state index contributed by atoms with van der Waals surface area (Å²) < 4.78 is 0. The molecule has 0 aliphatic heterocycles. The van der Waals surface area contributed by atoms with Gasteiger partial charge < -0.3 is 10.2 Å². The van der Waals surface area contributed by atoms with E-state index in [1.807, 2.05) is 11.4 Å². The van der Waals surface area contributed by atoms with Gasteiger partial charge in [0.2, 0.25) is 0 Å². The minimum absolute atomic E-state index is 0.829. The highest BCUT2D eigenvalue weighted by Crippen LogP contribution is 2.19. The lowest BCUT2D eigenvalue weighted by molar-refractivity contribution is 0.400. The van der Waals surface area contributed by atoms with E-state index in [1.54, 1.807) is 11.3 Å². The van der Waals surface area contributed by atoms with E-state index in [9.17, 15) is 0 Å². The highest BCUT2D eigenvalue weighted by Gasteiger charge is 2.03. The van der Waals surface area contributed by atoms with Gasteiger partial charge in [-0.25, -0.2) is 0 Å². The lowest BCUT2D eigenvalue weighted by Crippen LogP contribution is -2.16. The molecule has 102 valence electrons. The molecule has 2 aromatic rings. The topological polar surface area (TPSA) is 15.3 Å². The van der Waals surface area contributed by atoms with Crippen LogP contribution in [-0.2, 0) is 19.6 Å². The highest BCUT2D eigenvalue weighted by atomic mass is 35.5. The summed E-state index contributed by atoms with van der Waals surface area (Å²) >= 11 is 7.61. The van der Waals surface area contributed by atoms with Crippen LogP contribution in [0.15, 0.2) is 35.7 Å². The zero-order valence-electron chi connectivity index (χ0n) is 11.3. The third-order valence-corrected chi connectivity index (χ3v) is 4.13. The molecule has 0 aliphatic rings. The highest BCUT2D eigenvalue weighted by molar-refractivity contribution is 7.10. The van der Waals surface area contributed by atoms with Gasteiger partial charge >= 0.3 is 0 Å². The summed E-state index contributed by atoms with van der Waals surface area (Å²) in [6.07, 6.45) is 0. The van der Waals surface area contributed by atoms with E-state index in [1.165, 1.54) is 16.0 Å². The van der Waals surface area contributed by atoms with E-state index in [4.69, 9.17) is 11.6 Å². The molecular weight excluding hydrogens is 276 g/mol. The van der Waals surface area contributed by atoms with E-state index in [0.717, 1.165) is 24.7 Å². The molecule has 0 aliphatic carbocycles. The minimum atomic E-state index is 0.829. The predicted octanol–water partition coefficient (Wildman–Crippen LogP) is 3.75. The van der Waals surface area contributed by atoms with Crippen molar-refractivity contribution in [3.8, 4) is 0 Å². The van der Waals surface area contributed by atoms with Crippen molar-refractivity contribution < 1.29 is 0 Å². The van der Waals surface area contributed by atoms with Gasteiger partial charge in [-0.05, 0) is 31.3 Å². The Hall–Kier alpha value is -0.870. The van der Waals surface area contributed by atoms with Crippen LogP contribution in [0, 0.1) is 0 Å². The Bertz CT molecular complexity index is 522. The second kappa shape index (κ2) is 7.06. The van der Waals surface area contributed by atoms with Crippen LogP contribution in [0.1, 0.15) is 16.0 Å². The number of hydrogen-bond acceptors (Lipinski definition) is 3. The van der Waals surface area contributed by atoms with Gasteiger partial charge in [0, 0.05) is 29.9 Å². The molecule has 0 fully saturated rings. The molecule has 0 bridgehead atoms. The van der Waals surface area contributed by atoms with Gasteiger partial charge in [0.05, 0.1) is 5.02 Å². The van der Waals surface area contributed by atoms with Crippen LogP contribution in [0.3, 0.4) is 0 Å². The van der Waals surface area contributed by atoms with Gasteiger partial charge in [-0.2, -0.15) is 0 Å². The zero-order chi connectivity index (χ0) is 13.7. The fraction of sp³-hybridized carbons (Fsp3) is 0.333. The first-order valence-electron chi connectivity index (χ1n) is 6.30. The number of thiophene rings is 1. The summed E-state index contributed by atoms with van der Waals surface area (Å²) in [7, 11) is 4.19. The molecule has 0 atom stereocenters. The molecule has 1 heterocycles. The number of nitrogens with one attached hydrogen (secondary N) is 1. The first-order valence-corrected chi connectivity index (χ1v) is 7.56. The average molecular weight is 295 g/mol. The standard InChI is InChI=1S/C15H19ClN2S/c1-18(2)10-13-6-4-3-5-12(13)8-17-9-15-7-14(16)11-19-15/h3-7,11,17H,8-10H2,1-2H3. The van der Waals surface area contributed by atoms with Gasteiger partial charge in [-0.3, -0.25) is 0 Å². The van der Waals surface area contributed by atoms with Crippen molar-refractivity contribution >= 4 is 22.9 Å². The molecule has 1 aromatic heterocycles. The molecule has 1 aromatic carbocycles. The Kier molecular flexibility index (Phi) is 5.40. The van der Waals surface area contributed by atoms with Crippen LogP contribution in [-0.4, -0.2) is 19.0 Å². The molecule has 0 saturated carbocycles. The van der Waals surface area contributed by atoms with Crippen LogP contribution in [0.4, 0.5) is 0 Å². The van der Waals surface area contributed by atoms with Crippen LogP contribution in [0.5, 0.6) is 0 Å². The lowest BCUT2D eigenvalue weighted by atomic mass is 10.1. The third kappa shape index (κ3) is 4.62. The maximum absolute atomic E-state index is 5.92. The zero-order valence-corrected chi connectivity index (χ0v) is 12.9. The summed E-state index contributed by atoms with van der Waals surface area (Å²) in [6, 6.07) is 10.6. The van der Waals surface area contributed by atoms with Crippen LogP contribution < -0.4 is 5.32 Å². The molecule has 0 saturated heterocycles. The van der Waals surface area contributed by atoms with E-state index in [0.29, 0.717) is 0 Å². The van der Waals surface area contributed by atoms with Gasteiger partial charge in [-0.15, -0.1) is 11.3 Å². The van der Waals surface area contributed by atoms with Crippen molar-refractivity contribution in [3.05, 3.63) is 56.7 Å². The van der Waals surface area contributed by atoms with Gasteiger partial charge in [0.25, 0.3) is 0 Å². The van der Waals surface area contributed by atoms with Crippen LogP contribution >= 0.6 is 22.9 Å². The maximum Gasteiger partial charge on any atom is 0.0516 e. The smallest absolute Gasteiger partial charge is 0.0516 e. The molecule has 1 N–H and O–H groups in total. The fourth-order valence-electron chi connectivity index (χ4n) is 1.99. The van der Waals surface area contributed by atoms with Gasteiger partial charge in [-0.1, -0.05) is 35.9 Å². The van der Waals surface area contributed by atoms with Crippen molar-refractivity contribution in [2.45, 2.75) is 19.6 Å². The molecule has 0 amide bonds. The number of hydrogen-bond donors (Lipinski definition) is 1. The first kappa shape index (κ1) is 14.5. The van der Waals surface area contributed by atoms with E-state index < -0.39 is 0 Å². The summed E-state index contributed by atoms with van der Waals surface area (Å²) in [5, 5.41) is 6.28. The summed E-state index contributed by atoms with van der Waals surface area (Å²) in [6.45, 7) is 2.73. The second-order valence-corrected chi connectivity index (χ2v) is 6.27.